The van der Waals surface area contributed by atoms with Gasteiger partial charge in [0.15, 0.2) is 0 Å². The van der Waals surface area contributed by atoms with Crippen LogP contribution in [0.3, 0.4) is 0 Å². The van der Waals surface area contributed by atoms with Crippen LogP contribution in [0.4, 0.5) is 11.4 Å². The molecule has 0 spiro atoms. The molecule has 0 bridgehead atoms. The fourth-order valence-electron chi connectivity index (χ4n) is 4.27. The molecule has 6 nitrogen and oxygen atoms in total. The van der Waals surface area contributed by atoms with E-state index in [9.17, 15) is 9.59 Å². The van der Waals surface area contributed by atoms with Crippen LogP contribution in [0, 0.1) is 11.8 Å². The largest absolute Gasteiger partial charge is 0.497 e. The lowest BCUT2D eigenvalue weighted by molar-refractivity contribution is -0.123. The molecule has 0 aliphatic heterocycles. The number of ether oxygens (including phenoxy) is 1. The number of nitrogens with two attached hydrogens (primary N) is 1. The Kier molecular flexibility index (Phi) is 6.58. The van der Waals surface area contributed by atoms with Gasteiger partial charge in [0.05, 0.1) is 18.5 Å². The van der Waals surface area contributed by atoms with Crippen molar-refractivity contribution in [3.63, 3.8) is 0 Å². The molecule has 0 saturated heterocycles. The van der Waals surface area contributed by atoms with Crippen molar-refractivity contribution in [1.29, 1.82) is 0 Å². The van der Waals surface area contributed by atoms with Crippen LogP contribution in [0.15, 0.2) is 18.2 Å². The molecule has 6 heteroatoms. The third-order valence-corrected chi connectivity index (χ3v) is 5.93. The van der Waals surface area contributed by atoms with Crippen molar-refractivity contribution < 1.29 is 14.3 Å². The maximum atomic E-state index is 12.6. The molecule has 2 aliphatic carbocycles. The van der Waals surface area contributed by atoms with Gasteiger partial charge < -0.3 is 21.1 Å². The van der Waals surface area contributed by atoms with Crippen LogP contribution in [0.2, 0.25) is 0 Å². The van der Waals surface area contributed by atoms with E-state index in [4.69, 9.17) is 10.5 Å². The number of nitrogens with one attached hydrogen (secondary N) is 2. The Bertz CT molecular complexity index is 663. The van der Waals surface area contributed by atoms with Crippen molar-refractivity contribution in [3.05, 3.63) is 18.2 Å². The molecule has 4 N–H and O–H groups in total. The molecule has 0 atom stereocenters. The third-order valence-electron chi connectivity index (χ3n) is 5.93. The van der Waals surface area contributed by atoms with Crippen LogP contribution in [-0.2, 0) is 9.59 Å². The van der Waals surface area contributed by atoms with Gasteiger partial charge in [-0.15, -0.1) is 0 Å². The molecule has 1 aromatic carbocycles. The summed E-state index contributed by atoms with van der Waals surface area (Å²) in [5, 5.41) is 6.10. The van der Waals surface area contributed by atoms with Crippen molar-refractivity contribution in [2.75, 3.05) is 18.2 Å². The fraction of sp³-hybridized carbons (Fsp3) is 0.619. The minimum Gasteiger partial charge on any atom is -0.497 e. The number of rotatable bonds is 6. The summed E-state index contributed by atoms with van der Waals surface area (Å²) in [6, 6.07) is 5.43. The van der Waals surface area contributed by atoms with E-state index in [-0.39, 0.29) is 23.8 Å². The molecule has 0 unspecified atom stereocenters. The van der Waals surface area contributed by atoms with E-state index >= 15 is 0 Å². The summed E-state index contributed by atoms with van der Waals surface area (Å²) in [5.74, 6) is 1.36. The highest BCUT2D eigenvalue weighted by molar-refractivity contribution is 5.95. The molecule has 0 heterocycles. The molecular formula is C21H31N3O3. The fourth-order valence-corrected chi connectivity index (χ4v) is 4.27. The van der Waals surface area contributed by atoms with Crippen molar-refractivity contribution in [2.45, 2.75) is 63.8 Å². The number of anilines is 2. The molecule has 1 aromatic rings. The highest BCUT2D eigenvalue weighted by Crippen LogP contribution is 2.30. The molecule has 148 valence electrons. The monoisotopic (exact) mass is 373 g/mol. The van der Waals surface area contributed by atoms with E-state index in [0.29, 0.717) is 29.5 Å². The lowest BCUT2D eigenvalue weighted by atomic mass is 9.85. The topological polar surface area (TPSA) is 93.4 Å². The molecular weight excluding hydrogens is 342 g/mol. The first-order valence-corrected chi connectivity index (χ1v) is 10.1. The second kappa shape index (κ2) is 9.11. The Morgan fingerprint density at radius 3 is 2.48 bits per heavy atom. The molecule has 27 heavy (non-hydrogen) atoms. The van der Waals surface area contributed by atoms with Gasteiger partial charge in [0, 0.05) is 24.4 Å². The minimum absolute atomic E-state index is 0.00862. The average molecular weight is 373 g/mol. The van der Waals surface area contributed by atoms with Gasteiger partial charge in [0.2, 0.25) is 11.8 Å². The third kappa shape index (κ3) is 5.37. The van der Waals surface area contributed by atoms with Crippen LogP contribution in [-0.4, -0.2) is 25.0 Å². The molecule has 2 saturated carbocycles. The summed E-state index contributed by atoms with van der Waals surface area (Å²) >= 11 is 0. The number of carbonyl (C=O) groups is 2. The predicted molar refractivity (Wildman–Crippen MR) is 106 cm³/mol. The van der Waals surface area contributed by atoms with E-state index in [0.717, 1.165) is 25.7 Å². The van der Waals surface area contributed by atoms with E-state index < -0.39 is 0 Å². The van der Waals surface area contributed by atoms with Gasteiger partial charge in [0.1, 0.15) is 5.75 Å². The molecule has 0 radical (unpaired) electrons. The van der Waals surface area contributed by atoms with Gasteiger partial charge in [-0.2, -0.15) is 0 Å². The first-order valence-electron chi connectivity index (χ1n) is 10.1. The second-order valence-electron chi connectivity index (χ2n) is 7.91. The molecule has 3 rings (SSSR count). The average Bonchev–Trinajstić information content (AvgIpc) is 3.17. The molecule has 0 aromatic heterocycles. The zero-order valence-corrected chi connectivity index (χ0v) is 16.1. The molecule has 2 aliphatic rings. The number of hydrogen-bond donors (Lipinski definition) is 3. The first kappa shape index (κ1) is 19.5. The predicted octanol–water partition coefficient (Wildman–Crippen LogP) is 3.47. The second-order valence-corrected chi connectivity index (χ2v) is 7.91. The smallest absolute Gasteiger partial charge is 0.227 e. The summed E-state index contributed by atoms with van der Waals surface area (Å²) in [6.07, 6.45) is 8.82. The van der Waals surface area contributed by atoms with Crippen LogP contribution in [0.5, 0.6) is 5.75 Å². The number of carbonyl (C=O) groups excluding carboxylic acids is 2. The van der Waals surface area contributed by atoms with E-state index in [1.165, 1.54) is 25.7 Å². The van der Waals surface area contributed by atoms with Crippen molar-refractivity contribution >= 4 is 23.2 Å². The van der Waals surface area contributed by atoms with Gasteiger partial charge >= 0.3 is 0 Å². The van der Waals surface area contributed by atoms with Crippen LogP contribution in [0.25, 0.3) is 0 Å². The van der Waals surface area contributed by atoms with Crippen molar-refractivity contribution in [1.82, 2.24) is 5.32 Å². The van der Waals surface area contributed by atoms with Crippen LogP contribution >= 0.6 is 0 Å². The van der Waals surface area contributed by atoms with Crippen LogP contribution in [0.1, 0.15) is 57.8 Å². The zero-order chi connectivity index (χ0) is 19.2. The van der Waals surface area contributed by atoms with Crippen molar-refractivity contribution in [2.24, 2.45) is 11.8 Å². The normalized spacial score (nSPS) is 23.0. The lowest BCUT2D eigenvalue weighted by Gasteiger charge is -2.29. The Hall–Kier alpha value is -2.24. The van der Waals surface area contributed by atoms with Gasteiger partial charge in [-0.05, 0) is 56.6 Å². The lowest BCUT2D eigenvalue weighted by Crippen LogP contribution is -2.40. The highest BCUT2D eigenvalue weighted by atomic mass is 16.5. The number of nitrogen functional groups attached to an aromatic ring is 1. The maximum absolute atomic E-state index is 12.6. The summed E-state index contributed by atoms with van der Waals surface area (Å²) in [7, 11) is 1.58. The summed E-state index contributed by atoms with van der Waals surface area (Å²) in [6.45, 7) is 0. The number of amides is 2. The minimum atomic E-state index is -0.0430. The number of benzene rings is 1. The van der Waals surface area contributed by atoms with E-state index in [1.807, 2.05) is 0 Å². The quantitative estimate of drug-likeness (QED) is 0.666. The van der Waals surface area contributed by atoms with E-state index in [2.05, 4.69) is 10.6 Å². The standard InChI is InChI=1S/C21H31N3O3/c1-27-17-10-11-18(22)19(13-17)24-21(26)15-6-8-16(9-7-15)23-20(25)12-14-4-2-3-5-14/h10-11,13-16H,2-9,12,22H2,1H3,(H,23,25)(H,24,26). The Balaban J connectivity index is 1.44. The van der Waals surface area contributed by atoms with E-state index in [1.54, 1.807) is 25.3 Å². The number of methoxy groups -OCH3 is 1. The summed E-state index contributed by atoms with van der Waals surface area (Å²) in [4.78, 5) is 24.8. The Morgan fingerprint density at radius 2 is 1.81 bits per heavy atom. The maximum Gasteiger partial charge on any atom is 0.227 e. The van der Waals surface area contributed by atoms with Gasteiger partial charge in [-0.1, -0.05) is 12.8 Å². The summed E-state index contributed by atoms with van der Waals surface area (Å²) in [5.41, 5.74) is 7.06. The van der Waals surface area contributed by atoms with Crippen LogP contribution < -0.4 is 21.1 Å². The Labute approximate surface area is 161 Å². The summed E-state index contributed by atoms with van der Waals surface area (Å²) < 4.78 is 5.19. The number of hydrogen-bond acceptors (Lipinski definition) is 4. The van der Waals surface area contributed by atoms with Gasteiger partial charge in [-0.25, -0.2) is 0 Å². The molecule has 2 fully saturated rings. The van der Waals surface area contributed by atoms with Gasteiger partial charge in [0.25, 0.3) is 0 Å². The zero-order valence-electron chi connectivity index (χ0n) is 16.1. The SMILES string of the molecule is COc1ccc(N)c(NC(=O)C2CCC(NC(=O)CC3CCCC3)CC2)c1. The first-order chi connectivity index (χ1) is 13.0. The molecule has 2 amide bonds. The van der Waals surface area contributed by atoms with Crippen molar-refractivity contribution in [3.8, 4) is 5.75 Å². The highest BCUT2D eigenvalue weighted by Gasteiger charge is 2.28. The van der Waals surface area contributed by atoms with Gasteiger partial charge in [-0.3, -0.25) is 9.59 Å². The Morgan fingerprint density at radius 1 is 1.11 bits per heavy atom.